The van der Waals surface area contributed by atoms with Crippen LogP contribution in [0.4, 0.5) is 10.1 Å². The minimum absolute atomic E-state index is 0.0430. The number of nitrogens with one attached hydrogen (secondary N) is 1. The van der Waals surface area contributed by atoms with Crippen LogP contribution >= 0.6 is 11.6 Å². The summed E-state index contributed by atoms with van der Waals surface area (Å²) in [6.07, 6.45) is 0. The molecular formula is C14H13ClFNO2. The molecule has 19 heavy (non-hydrogen) atoms. The second-order valence-corrected chi connectivity index (χ2v) is 4.36. The van der Waals surface area contributed by atoms with Gasteiger partial charge in [0.15, 0.2) is 11.5 Å². The second kappa shape index (κ2) is 5.80. The lowest BCUT2D eigenvalue weighted by atomic mass is 10.2. The van der Waals surface area contributed by atoms with Crippen molar-refractivity contribution in [2.75, 3.05) is 12.4 Å². The van der Waals surface area contributed by atoms with Crippen LogP contribution in [0.3, 0.4) is 0 Å². The van der Waals surface area contributed by atoms with Crippen molar-refractivity contribution in [3.05, 3.63) is 52.8 Å². The Morgan fingerprint density at radius 1 is 1.32 bits per heavy atom. The monoisotopic (exact) mass is 281 g/mol. The molecule has 2 rings (SSSR count). The van der Waals surface area contributed by atoms with Gasteiger partial charge in [0.1, 0.15) is 5.82 Å². The highest BCUT2D eigenvalue weighted by Gasteiger charge is 2.07. The maximum absolute atomic E-state index is 13.5. The first-order valence-electron chi connectivity index (χ1n) is 5.65. The van der Waals surface area contributed by atoms with Gasteiger partial charge >= 0.3 is 0 Å². The van der Waals surface area contributed by atoms with E-state index in [1.54, 1.807) is 30.3 Å². The number of anilines is 1. The number of hydrogen-bond donors (Lipinski definition) is 2. The predicted molar refractivity (Wildman–Crippen MR) is 73.4 cm³/mol. The zero-order valence-electron chi connectivity index (χ0n) is 10.3. The fourth-order valence-electron chi connectivity index (χ4n) is 1.70. The van der Waals surface area contributed by atoms with E-state index in [4.69, 9.17) is 16.3 Å². The summed E-state index contributed by atoms with van der Waals surface area (Å²) >= 11 is 5.90. The maximum Gasteiger partial charge on any atom is 0.160 e. The predicted octanol–water partition coefficient (Wildman–Crippen LogP) is 3.81. The van der Waals surface area contributed by atoms with Gasteiger partial charge in [-0.25, -0.2) is 4.39 Å². The first-order valence-corrected chi connectivity index (χ1v) is 6.03. The third kappa shape index (κ3) is 3.09. The van der Waals surface area contributed by atoms with E-state index in [1.165, 1.54) is 13.2 Å². The van der Waals surface area contributed by atoms with Crippen LogP contribution in [-0.4, -0.2) is 12.2 Å². The van der Waals surface area contributed by atoms with Crippen molar-refractivity contribution in [3.63, 3.8) is 0 Å². The normalized spacial score (nSPS) is 10.3. The summed E-state index contributed by atoms with van der Waals surface area (Å²) in [5.41, 5.74) is 1.04. The van der Waals surface area contributed by atoms with Gasteiger partial charge in [-0.15, -0.1) is 0 Å². The zero-order chi connectivity index (χ0) is 13.8. The minimum Gasteiger partial charge on any atom is -0.504 e. The summed E-state index contributed by atoms with van der Waals surface area (Å²) in [7, 11) is 1.48. The van der Waals surface area contributed by atoms with Crippen molar-refractivity contribution >= 4 is 17.3 Å². The summed E-state index contributed by atoms with van der Waals surface area (Å²) in [6, 6.07) is 9.47. The van der Waals surface area contributed by atoms with Gasteiger partial charge in [-0.05, 0) is 29.8 Å². The molecule has 0 radical (unpaired) electrons. The molecule has 0 fully saturated rings. The van der Waals surface area contributed by atoms with Gasteiger partial charge in [0.25, 0.3) is 0 Å². The number of rotatable bonds is 4. The largest absolute Gasteiger partial charge is 0.504 e. The van der Waals surface area contributed by atoms with Gasteiger partial charge in [0, 0.05) is 6.54 Å². The number of halogens is 2. The van der Waals surface area contributed by atoms with E-state index >= 15 is 0 Å². The van der Waals surface area contributed by atoms with Crippen LogP contribution < -0.4 is 10.1 Å². The Morgan fingerprint density at radius 3 is 2.74 bits per heavy atom. The van der Waals surface area contributed by atoms with Gasteiger partial charge < -0.3 is 15.2 Å². The fraction of sp³-hybridized carbons (Fsp3) is 0.143. The Labute approximate surface area is 115 Å². The third-order valence-electron chi connectivity index (χ3n) is 2.68. The first-order chi connectivity index (χ1) is 9.11. The molecule has 0 saturated carbocycles. The molecule has 2 aromatic carbocycles. The van der Waals surface area contributed by atoms with E-state index in [9.17, 15) is 9.50 Å². The van der Waals surface area contributed by atoms with E-state index < -0.39 is 5.82 Å². The maximum atomic E-state index is 13.5. The van der Waals surface area contributed by atoms with Crippen molar-refractivity contribution in [2.45, 2.75) is 6.54 Å². The summed E-state index contributed by atoms with van der Waals surface area (Å²) in [5, 5.41) is 12.9. The van der Waals surface area contributed by atoms with Gasteiger partial charge in [-0.3, -0.25) is 0 Å². The molecule has 0 unspecified atom stereocenters. The van der Waals surface area contributed by atoms with Gasteiger partial charge in [0.2, 0.25) is 0 Å². The van der Waals surface area contributed by atoms with Crippen molar-refractivity contribution in [1.82, 2.24) is 0 Å². The van der Waals surface area contributed by atoms with Crippen molar-refractivity contribution < 1.29 is 14.2 Å². The molecule has 0 aliphatic carbocycles. The lowest BCUT2D eigenvalue weighted by Crippen LogP contribution is -2.02. The van der Waals surface area contributed by atoms with Crippen molar-refractivity contribution in [1.29, 1.82) is 0 Å². The molecule has 3 nitrogen and oxygen atoms in total. The molecule has 100 valence electrons. The quantitative estimate of drug-likeness (QED) is 0.895. The van der Waals surface area contributed by atoms with E-state index in [-0.39, 0.29) is 11.4 Å². The average molecular weight is 282 g/mol. The molecule has 0 amide bonds. The van der Waals surface area contributed by atoms with E-state index in [2.05, 4.69) is 5.32 Å². The molecule has 0 saturated heterocycles. The molecule has 0 atom stereocenters. The molecule has 5 heteroatoms. The highest BCUT2D eigenvalue weighted by molar-refractivity contribution is 6.33. The van der Waals surface area contributed by atoms with Crippen LogP contribution in [0.5, 0.6) is 11.5 Å². The number of ether oxygens (including phenoxy) is 1. The third-order valence-corrected chi connectivity index (χ3v) is 2.99. The number of phenolic OH excluding ortho intramolecular Hbond substituents is 1. The second-order valence-electron chi connectivity index (χ2n) is 3.96. The summed E-state index contributed by atoms with van der Waals surface area (Å²) in [4.78, 5) is 0. The Balaban J connectivity index is 2.13. The molecular weight excluding hydrogens is 269 g/mol. The summed E-state index contributed by atoms with van der Waals surface area (Å²) in [5.74, 6) is 0.0272. The number of phenols is 1. The van der Waals surface area contributed by atoms with Crippen molar-refractivity contribution in [3.8, 4) is 11.5 Å². The molecule has 0 bridgehead atoms. The van der Waals surface area contributed by atoms with E-state index in [1.807, 2.05) is 0 Å². The molecule has 0 aliphatic heterocycles. The van der Waals surface area contributed by atoms with E-state index in [0.717, 1.165) is 5.56 Å². The van der Waals surface area contributed by atoms with Gasteiger partial charge in [0.05, 0.1) is 17.8 Å². The van der Waals surface area contributed by atoms with Crippen LogP contribution in [0.15, 0.2) is 36.4 Å². The highest BCUT2D eigenvalue weighted by atomic mass is 35.5. The molecule has 0 heterocycles. The molecule has 2 aromatic rings. The minimum atomic E-state index is -0.412. The average Bonchev–Trinajstić information content (AvgIpc) is 2.38. The van der Waals surface area contributed by atoms with Crippen LogP contribution in [0, 0.1) is 5.82 Å². The van der Waals surface area contributed by atoms with Gasteiger partial charge in [-0.1, -0.05) is 23.7 Å². The van der Waals surface area contributed by atoms with Crippen LogP contribution in [0.2, 0.25) is 5.02 Å². The molecule has 0 aromatic heterocycles. The standard InChI is InChI=1S/C14H13ClFNO2/c1-19-13-6-5-9(7-12(13)18)8-17-14-10(15)3-2-4-11(14)16/h2-7,17-18H,8H2,1H3. The number of benzene rings is 2. The number of hydrogen-bond acceptors (Lipinski definition) is 3. The fourth-order valence-corrected chi connectivity index (χ4v) is 1.93. The first kappa shape index (κ1) is 13.5. The van der Waals surface area contributed by atoms with E-state index in [0.29, 0.717) is 17.3 Å². The Morgan fingerprint density at radius 2 is 2.11 bits per heavy atom. The number of para-hydroxylation sites is 1. The van der Waals surface area contributed by atoms with Crippen LogP contribution in [0.25, 0.3) is 0 Å². The molecule has 2 N–H and O–H groups in total. The Kier molecular flexibility index (Phi) is 4.12. The highest BCUT2D eigenvalue weighted by Crippen LogP contribution is 2.28. The summed E-state index contributed by atoms with van der Waals surface area (Å²) in [6.45, 7) is 0.345. The van der Waals surface area contributed by atoms with Crippen molar-refractivity contribution in [2.24, 2.45) is 0 Å². The number of methoxy groups -OCH3 is 1. The summed E-state index contributed by atoms with van der Waals surface area (Å²) < 4.78 is 18.5. The lowest BCUT2D eigenvalue weighted by Gasteiger charge is -2.10. The Bertz CT molecular complexity index is 569. The Hall–Kier alpha value is -1.94. The SMILES string of the molecule is COc1ccc(CNc2c(F)cccc2Cl)cc1O. The molecule has 0 aliphatic rings. The lowest BCUT2D eigenvalue weighted by molar-refractivity contribution is 0.373. The van der Waals surface area contributed by atoms with Gasteiger partial charge in [-0.2, -0.15) is 0 Å². The van der Waals surface area contributed by atoms with Crippen LogP contribution in [0.1, 0.15) is 5.56 Å². The molecule has 0 spiro atoms. The number of aromatic hydroxyl groups is 1. The topological polar surface area (TPSA) is 41.5 Å². The zero-order valence-corrected chi connectivity index (χ0v) is 11.0. The van der Waals surface area contributed by atoms with Crippen LogP contribution in [-0.2, 0) is 6.54 Å². The smallest absolute Gasteiger partial charge is 0.160 e.